The molecule has 3 saturated heterocycles. The smallest absolute Gasteiger partial charge is 0.194 e. The molecule has 3 heterocycles. The Morgan fingerprint density at radius 1 is 0.544 bits per heavy atom. The first-order chi connectivity index (χ1) is 37.9. The molecule has 5 aliphatic rings. The van der Waals surface area contributed by atoms with Crippen LogP contribution in [0, 0.1) is 0 Å². The zero-order valence-electron chi connectivity index (χ0n) is 44.2. The molecule has 22 N–H and O–H groups in total. The van der Waals surface area contributed by atoms with Crippen molar-refractivity contribution in [2.24, 2.45) is 34.4 Å². The minimum absolute atomic E-state index is 0.0906. The van der Waals surface area contributed by atoms with Crippen LogP contribution in [0.3, 0.4) is 0 Å². The molecule has 2 aromatic carbocycles. The molecule has 27 heteroatoms. The summed E-state index contributed by atoms with van der Waals surface area (Å²) in [5, 5.41) is 79.4. The number of nitrogens with two attached hydrogens (primary N) is 6. The number of thioether (sulfide) groups is 1. The van der Waals surface area contributed by atoms with Gasteiger partial charge in [-0.2, -0.15) is 11.8 Å². The van der Waals surface area contributed by atoms with Gasteiger partial charge in [-0.15, -0.1) is 0 Å². The number of nitrogens with one attached hydrogen (secondary N) is 4. The van der Waals surface area contributed by atoms with Gasteiger partial charge in [0.25, 0.3) is 0 Å². The monoisotopic (exact) mass is 1170 g/mol. The van der Waals surface area contributed by atoms with Gasteiger partial charge < -0.3 is 115 Å². The second-order valence-electron chi connectivity index (χ2n) is 20.8. The Kier molecular flexibility index (Phi) is 24.4. The third-order valence-electron chi connectivity index (χ3n) is 15.1. The van der Waals surface area contributed by atoms with Crippen LogP contribution >= 0.6 is 36.2 Å². The fourth-order valence-electron chi connectivity index (χ4n) is 10.4. The summed E-state index contributed by atoms with van der Waals surface area (Å²) >= 11 is 12.5. The molecular formula is C52H82N10O14S3. The second-order valence-corrected chi connectivity index (χ2v) is 22.8. The number of fused-ring (bicyclic) bond motifs is 2. The van der Waals surface area contributed by atoms with Gasteiger partial charge in [-0.25, -0.2) is 0 Å². The number of ether oxygens (including phenoxy) is 6. The van der Waals surface area contributed by atoms with E-state index in [1.165, 1.54) is 11.8 Å². The van der Waals surface area contributed by atoms with Crippen LogP contribution in [0.25, 0.3) is 0 Å². The number of ketones is 2. The molecule has 442 valence electrons. The van der Waals surface area contributed by atoms with Gasteiger partial charge in [0.1, 0.15) is 61.0 Å². The van der Waals surface area contributed by atoms with Gasteiger partial charge in [0.2, 0.25) is 0 Å². The number of carbonyl (C=O) groups excluding carboxylic acids is 2. The number of unbranched alkanes of at least 4 members (excludes halogenated alkanes) is 7. The Morgan fingerprint density at radius 2 is 1.03 bits per heavy atom. The normalized spacial score (nSPS) is 34.4. The van der Waals surface area contributed by atoms with Crippen molar-refractivity contribution in [3.05, 3.63) is 70.3 Å². The quantitative estimate of drug-likeness (QED) is 0.0279. The molecule has 19 atom stereocenters. The van der Waals surface area contributed by atoms with Gasteiger partial charge in [0, 0.05) is 85.1 Å². The topological polar surface area (TPSA) is 415 Å². The molecule has 1 unspecified atom stereocenters. The lowest BCUT2D eigenvalue weighted by Crippen LogP contribution is -2.68. The van der Waals surface area contributed by atoms with E-state index in [0.717, 1.165) is 70.0 Å². The lowest BCUT2D eigenvalue weighted by Gasteiger charge is -2.47. The number of thiocarbonyl (C=S) groups is 2. The first-order valence-electron chi connectivity index (χ1n) is 27.3. The first kappa shape index (κ1) is 63.4. The Labute approximate surface area is 475 Å². The van der Waals surface area contributed by atoms with Gasteiger partial charge in [0.05, 0.1) is 24.3 Å². The standard InChI is InChI=1S/C52H82N10O14S3/c53-21-32-40(66)42(68)35(57)48(71-32)74-45-31(56)20-30(55)39(65)47(45)76-50-44(70)46(75-49-36(58)43(69)41(67)33(22-54)72-49)34(73-50)24-79-18-17-61-51(77)59-15-9-5-3-1-2-4-6-10-16-60-52(78)62-23-25-13-14-28-29(19-25)38(64)27-12-8-7-11-26(27)37(28)63/h7-8,11-14,19,30-36,39-50,65-70H,1-6,9-10,15-18,20-24,53-58H2,(H2,59,61,77)(H2,60,62,78)/t30-,31+,32-,33?,34-,35-,36-,39+,40-,41-,42-,43-,44-,45-,46-,47-,48-,49-,50+/m1/s1. The van der Waals surface area contributed by atoms with E-state index >= 15 is 0 Å². The number of aliphatic hydroxyl groups excluding tert-OH is 6. The molecule has 2 aliphatic carbocycles. The van der Waals surface area contributed by atoms with E-state index in [4.69, 9.17) is 87.3 Å². The largest absolute Gasteiger partial charge is 0.389 e. The number of carbonyl (C=O) groups is 2. The van der Waals surface area contributed by atoms with Crippen molar-refractivity contribution in [2.75, 3.05) is 44.2 Å². The molecule has 0 bridgehead atoms. The summed E-state index contributed by atoms with van der Waals surface area (Å²) in [7, 11) is 0. The predicted octanol–water partition coefficient (Wildman–Crippen LogP) is -3.13. The maximum Gasteiger partial charge on any atom is 0.194 e. The molecule has 7 rings (SSSR count). The van der Waals surface area contributed by atoms with E-state index < -0.39 is 116 Å². The van der Waals surface area contributed by atoms with E-state index in [0.29, 0.717) is 51.3 Å². The van der Waals surface area contributed by atoms with Crippen molar-refractivity contribution in [1.29, 1.82) is 0 Å². The third-order valence-corrected chi connectivity index (χ3v) is 16.8. The Hall–Kier alpha value is -3.21. The minimum atomic E-state index is -1.54. The summed E-state index contributed by atoms with van der Waals surface area (Å²) in [6, 6.07) is 8.04. The highest BCUT2D eigenvalue weighted by atomic mass is 32.2. The maximum absolute atomic E-state index is 13.1. The summed E-state index contributed by atoms with van der Waals surface area (Å²) in [4.78, 5) is 26.0. The molecule has 0 spiro atoms. The highest BCUT2D eigenvalue weighted by Crippen LogP contribution is 2.36. The van der Waals surface area contributed by atoms with Crippen LogP contribution in [0.4, 0.5) is 0 Å². The van der Waals surface area contributed by atoms with Crippen molar-refractivity contribution < 1.29 is 68.6 Å². The summed E-state index contributed by atoms with van der Waals surface area (Å²) in [5.41, 5.74) is 39.4. The van der Waals surface area contributed by atoms with Crippen LogP contribution in [0.1, 0.15) is 95.2 Å². The zero-order chi connectivity index (χ0) is 56.9. The van der Waals surface area contributed by atoms with Crippen LogP contribution in [0.5, 0.6) is 0 Å². The molecule has 0 radical (unpaired) electrons. The van der Waals surface area contributed by atoms with Crippen LogP contribution in [0.15, 0.2) is 42.5 Å². The Bertz CT molecular complexity index is 2320. The first-order valence-corrected chi connectivity index (χ1v) is 29.3. The van der Waals surface area contributed by atoms with Crippen molar-refractivity contribution in [3.8, 4) is 0 Å². The van der Waals surface area contributed by atoms with Crippen LogP contribution in [-0.4, -0.2) is 213 Å². The van der Waals surface area contributed by atoms with E-state index in [-0.39, 0.29) is 36.8 Å². The highest BCUT2D eigenvalue weighted by molar-refractivity contribution is 7.99. The predicted molar refractivity (Wildman–Crippen MR) is 301 cm³/mol. The molecule has 4 fully saturated rings. The molecule has 24 nitrogen and oxygen atoms in total. The molecule has 0 amide bonds. The number of rotatable bonds is 26. The van der Waals surface area contributed by atoms with Crippen molar-refractivity contribution in [1.82, 2.24) is 21.3 Å². The van der Waals surface area contributed by atoms with Crippen LogP contribution in [0.2, 0.25) is 0 Å². The average Bonchev–Trinajstić information content (AvgIpc) is 3.87. The zero-order valence-corrected chi connectivity index (χ0v) is 46.6. The van der Waals surface area contributed by atoms with E-state index in [9.17, 15) is 40.2 Å². The van der Waals surface area contributed by atoms with Gasteiger partial charge in [-0.05, 0) is 61.4 Å². The fourth-order valence-corrected chi connectivity index (χ4v) is 11.7. The molecule has 1 saturated carbocycles. The number of benzene rings is 2. The molecule has 0 aromatic heterocycles. The summed E-state index contributed by atoms with van der Waals surface area (Å²) in [5.74, 6) is 0.531. The van der Waals surface area contributed by atoms with Gasteiger partial charge in [0.15, 0.2) is 40.7 Å². The molecular weight excluding hydrogens is 1080 g/mol. The summed E-state index contributed by atoms with van der Waals surface area (Å²) in [6.45, 7) is 2.10. The third kappa shape index (κ3) is 16.1. The average molecular weight is 1170 g/mol. The van der Waals surface area contributed by atoms with Crippen molar-refractivity contribution in [2.45, 2.75) is 181 Å². The highest BCUT2D eigenvalue weighted by Gasteiger charge is 2.54. The van der Waals surface area contributed by atoms with E-state index in [1.54, 1.807) is 36.4 Å². The van der Waals surface area contributed by atoms with Gasteiger partial charge >= 0.3 is 0 Å². The summed E-state index contributed by atoms with van der Waals surface area (Å²) < 4.78 is 36.6. The maximum atomic E-state index is 13.1. The van der Waals surface area contributed by atoms with Crippen molar-refractivity contribution >= 4 is 58.0 Å². The van der Waals surface area contributed by atoms with Crippen LogP contribution < -0.4 is 55.7 Å². The Morgan fingerprint density at radius 3 is 1.59 bits per heavy atom. The van der Waals surface area contributed by atoms with E-state index in [2.05, 4.69) is 21.3 Å². The number of hydrogen-bond donors (Lipinski definition) is 16. The van der Waals surface area contributed by atoms with E-state index in [1.807, 2.05) is 6.07 Å². The van der Waals surface area contributed by atoms with Crippen LogP contribution in [-0.2, 0) is 35.0 Å². The lowest BCUT2D eigenvalue weighted by atomic mass is 9.83. The molecule has 2 aromatic rings. The van der Waals surface area contributed by atoms with Gasteiger partial charge in [-0.3, -0.25) is 9.59 Å². The minimum Gasteiger partial charge on any atom is -0.389 e. The fraction of sp³-hybridized carbons (Fsp3) is 0.692. The number of hydrogen-bond acceptors (Lipinski definition) is 23. The van der Waals surface area contributed by atoms with Gasteiger partial charge in [-0.1, -0.05) is 68.9 Å². The lowest BCUT2D eigenvalue weighted by molar-refractivity contribution is -0.306. The molecule has 3 aliphatic heterocycles. The number of aliphatic hydroxyl groups is 6. The summed E-state index contributed by atoms with van der Waals surface area (Å²) in [6.07, 6.45) is -10.6. The SMILES string of the molecule is NCC1O[C@H](O[C@H]2[C@@H](O)[C@H](O[C@@H]3[C@@H](O)[C@H](N)C[C@H](N)[C@H]3O[C@H]3O[C@H](CN)[C@@H](O)[C@H](O)[C@H]3N)O[C@@H]2CSCCNC(=S)NCCCCCCCCCCNC(=S)NCc2ccc3c(c2)C(=O)c2ccccc2C3=O)[C@H](N)[C@@H](O)[C@@H]1O. The molecule has 79 heavy (non-hydrogen) atoms. The second kappa shape index (κ2) is 30.4. The Balaban J connectivity index is 0.776. The van der Waals surface area contributed by atoms with Crippen molar-refractivity contribution in [3.63, 3.8) is 0 Å².